The number of nitrogens with two attached hydrogens (primary N) is 1. The van der Waals surface area contributed by atoms with Gasteiger partial charge >= 0.3 is 0 Å². The Morgan fingerprint density at radius 1 is 1.60 bits per heavy atom. The highest BCUT2D eigenvalue weighted by Gasteiger charge is 2.13. The number of hydrogen-bond donors (Lipinski definition) is 2. The second-order valence-corrected chi connectivity index (χ2v) is 4.76. The van der Waals surface area contributed by atoms with Gasteiger partial charge in [-0.3, -0.25) is 9.88 Å². The highest BCUT2D eigenvalue weighted by Crippen LogP contribution is 2.11. The van der Waals surface area contributed by atoms with Crippen molar-refractivity contribution in [2.75, 3.05) is 20.3 Å². The number of pyridine rings is 1. The number of ether oxygens (including phenoxy) is 1. The number of nitrogens with zero attached hydrogens (tertiary/aromatic N) is 3. The molecule has 0 fully saturated rings. The molecule has 0 aliphatic heterocycles. The Balaban J connectivity index is 2.82. The van der Waals surface area contributed by atoms with Gasteiger partial charge in [0.25, 0.3) is 0 Å². The molecule has 1 aromatic heterocycles. The molecule has 0 spiro atoms. The molecule has 0 aromatic carbocycles. The van der Waals surface area contributed by atoms with E-state index in [4.69, 9.17) is 15.7 Å². The second-order valence-electron chi connectivity index (χ2n) is 4.76. The van der Waals surface area contributed by atoms with Crippen molar-refractivity contribution >= 4 is 5.84 Å². The van der Waals surface area contributed by atoms with Crippen LogP contribution in [0.15, 0.2) is 23.5 Å². The van der Waals surface area contributed by atoms with E-state index in [2.05, 4.69) is 28.9 Å². The van der Waals surface area contributed by atoms with Crippen LogP contribution in [0.5, 0.6) is 0 Å². The first kappa shape index (κ1) is 16.4. The summed E-state index contributed by atoms with van der Waals surface area (Å²) in [5, 5.41) is 11.7. The number of rotatable bonds is 8. The Hall–Kier alpha value is -1.66. The first-order valence-corrected chi connectivity index (χ1v) is 6.78. The van der Waals surface area contributed by atoms with Crippen LogP contribution in [0.1, 0.15) is 31.5 Å². The third-order valence-electron chi connectivity index (χ3n) is 3.38. The zero-order valence-corrected chi connectivity index (χ0v) is 12.4. The van der Waals surface area contributed by atoms with Gasteiger partial charge in [-0.05, 0) is 31.0 Å². The minimum absolute atomic E-state index is 0.0267. The van der Waals surface area contributed by atoms with Gasteiger partial charge in [0.2, 0.25) is 0 Å². The summed E-state index contributed by atoms with van der Waals surface area (Å²) in [4.78, 5) is 6.43. The molecule has 6 heteroatoms. The van der Waals surface area contributed by atoms with Gasteiger partial charge in [0.05, 0.1) is 6.61 Å². The van der Waals surface area contributed by atoms with Crippen LogP contribution in [-0.2, 0) is 11.3 Å². The van der Waals surface area contributed by atoms with E-state index in [1.165, 1.54) is 0 Å². The molecular formula is C14H24N4O2. The van der Waals surface area contributed by atoms with Gasteiger partial charge in [0, 0.05) is 32.4 Å². The van der Waals surface area contributed by atoms with Crippen molar-refractivity contribution in [1.29, 1.82) is 0 Å². The van der Waals surface area contributed by atoms with Crippen molar-refractivity contribution in [2.24, 2.45) is 10.9 Å². The van der Waals surface area contributed by atoms with Crippen molar-refractivity contribution in [2.45, 2.75) is 32.9 Å². The quantitative estimate of drug-likeness (QED) is 0.326. The van der Waals surface area contributed by atoms with Crippen molar-refractivity contribution in [3.63, 3.8) is 0 Å². The van der Waals surface area contributed by atoms with E-state index < -0.39 is 0 Å². The summed E-state index contributed by atoms with van der Waals surface area (Å²) in [6.45, 7) is 6.71. The van der Waals surface area contributed by atoms with Gasteiger partial charge in [0.1, 0.15) is 5.69 Å². The molecule has 0 aliphatic carbocycles. The Morgan fingerprint density at radius 3 is 2.95 bits per heavy atom. The van der Waals surface area contributed by atoms with E-state index in [9.17, 15) is 0 Å². The molecule has 1 heterocycles. The van der Waals surface area contributed by atoms with E-state index in [-0.39, 0.29) is 5.84 Å². The molecule has 0 aliphatic rings. The maximum Gasteiger partial charge on any atom is 0.188 e. The molecule has 0 saturated heterocycles. The zero-order chi connectivity index (χ0) is 15.0. The lowest BCUT2D eigenvalue weighted by molar-refractivity contribution is 0.118. The molecule has 3 N–H and O–H groups in total. The van der Waals surface area contributed by atoms with E-state index in [1.54, 1.807) is 13.3 Å². The monoisotopic (exact) mass is 280 g/mol. The lowest BCUT2D eigenvalue weighted by Gasteiger charge is -2.28. The molecule has 1 rings (SSSR count). The van der Waals surface area contributed by atoms with Crippen LogP contribution >= 0.6 is 0 Å². The Kier molecular flexibility index (Phi) is 6.97. The third kappa shape index (κ3) is 4.79. The molecule has 1 atom stereocenters. The van der Waals surface area contributed by atoms with Gasteiger partial charge in [0.15, 0.2) is 5.84 Å². The molecule has 1 aromatic rings. The minimum Gasteiger partial charge on any atom is -0.409 e. The highest BCUT2D eigenvalue weighted by molar-refractivity contribution is 5.95. The summed E-state index contributed by atoms with van der Waals surface area (Å²) in [6.07, 6.45) is 2.75. The van der Waals surface area contributed by atoms with E-state index in [0.29, 0.717) is 18.3 Å². The zero-order valence-electron chi connectivity index (χ0n) is 12.4. The maximum absolute atomic E-state index is 8.70. The smallest absolute Gasteiger partial charge is 0.188 e. The first-order chi connectivity index (χ1) is 9.62. The summed E-state index contributed by atoms with van der Waals surface area (Å²) < 4.78 is 5.16. The molecule has 0 bridgehead atoms. The molecular weight excluding hydrogens is 256 g/mol. The number of methoxy groups -OCH3 is 1. The topological polar surface area (TPSA) is 84.0 Å². The second kappa shape index (κ2) is 8.50. The fourth-order valence-electron chi connectivity index (χ4n) is 1.92. The largest absolute Gasteiger partial charge is 0.409 e. The van der Waals surface area contributed by atoms with Gasteiger partial charge in [-0.2, -0.15) is 0 Å². The Labute approximate surface area is 120 Å². The van der Waals surface area contributed by atoms with E-state index in [0.717, 1.165) is 25.1 Å². The SMILES string of the molecule is CCC(C)N(CCOC)Cc1ccnc(C(N)=NO)c1. The normalized spacial score (nSPS) is 13.7. The van der Waals surface area contributed by atoms with Crippen LogP contribution in [0, 0.1) is 0 Å². The van der Waals surface area contributed by atoms with Gasteiger partial charge in [-0.15, -0.1) is 0 Å². The van der Waals surface area contributed by atoms with Crippen LogP contribution in [0.3, 0.4) is 0 Å². The summed E-state index contributed by atoms with van der Waals surface area (Å²) in [5.74, 6) is 0.0267. The first-order valence-electron chi connectivity index (χ1n) is 6.78. The lowest BCUT2D eigenvalue weighted by Crippen LogP contribution is -2.35. The average Bonchev–Trinajstić information content (AvgIpc) is 2.50. The molecule has 1 unspecified atom stereocenters. The molecule has 112 valence electrons. The van der Waals surface area contributed by atoms with Gasteiger partial charge in [-0.1, -0.05) is 12.1 Å². The summed E-state index contributed by atoms with van der Waals surface area (Å²) >= 11 is 0. The van der Waals surface area contributed by atoms with Crippen molar-refractivity contribution in [3.05, 3.63) is 29.6 Å². The molecule has 0 radical (unpaired) electrons. The third-order valence-corrected chi connectivity index (χ3v) is 3.38. The molecule has 0 saturated carbocycles. The predicted octanol–water partition coefficient (Wildman–Crippen LogP) is 1.42. The van der Waals surface area contributed by atoms with Crippen molar-refractivity contribution < 1.29 is 9.94 Å². The number of amidine groups is 1. The predicted molar refractivity (Wildman–Crippen MR) is 78.8 cm³/mol. The van der Waals surface area contributed by atoms with Crippen molar-refractivity contribution in [1.82, 2.24) is 9.88 Å². The Bertz CT molecular complexity index is 437. The van der Waals surface area contributed by atoms with E-state index >= 15 is 0 Å². The summed E-state index contributed by atoms with van der Waals surface area (Å²) in [6, 6.07) is 4.25. The highest BCUT2D eigenvalue weighted by atomic mass is 16.5. The fraction of sp³-hybridized carbons (Fsp3) is 0.571. The summed E-state index contributed by atoms with van der Waals surface area (Å²) in [5.41, 5.74) is 7.13. The fourth-order valence-corrected chi connectivity index (χ4v) is 1.92. The Morgan fingerprint density at radius 2 is 2.35 bits per heavy atom. The van der Waals surface area contributed by atoms with Crippen LogP contribution in [0.2, 0.25) is 0 Å². The molecule has 0 amide bonds. The van der Waals surface area contributed by atoms with Crippen LogP contribution in [0.25, 0.3) is 0 Å². The minimum atomic E-state index is 0.0267. The number of oxime groups is 1. The molecule has 20 heavy (non-hydrogen) atoms. The maximum atomic E-state index is 8.70. The average molecular weight is 280 g/mol. The van der Waals surface area contributed by atoms with Gasteiger partial charge in [-0.25, -0.2) is 0 Å². The van der Waals surface area contributed by atoms with Crippen LogP contribution < -0.4 is 5.73 Å². The van der Waals surface area contributed by atoms with Crippen molar-refractivity contribution in [3.8, 4) is 0 Å². The van der Waals surface area contributed by atoms with Gasteiger partial charge < -0.3 is 15.7 Å². The summed E-state index contributed by atoms with van der Waals surface area (Å²) in [7, 11) is 1.71. The van der Waals surface area contributed by atoms with Crippen LogP contribution in [0.4, 0.5) is 0 Å². The van der Waals surface area contributed by atoms with Crippen LogP contribution in [-0.4, -0.2) is 47.2 Å². The standard InChI is InChI=1S/C14H24N4O2/c1-4-11(2)18(7-8-20-3)10-12-5-6-16-13(9-12)14(15)17-19/h5-6,9,11,19H,4,7-8,10H2,1-3H3,(H2,15,17). The lowest BCUT2D eigenvalue weighted by atomic mass is 10.1. The number of hydrogen-bond acceptors (Lipinski definition) is 5. The number of aromatic nitrogens is 1. The molecule has 6 nitrogen and oxygen atoms in total. The van der Waals surface area contributed by atoms with E-state index in [1.807, 2.05) is 12.1 Å².